The fourth-order valence-electron chi connectivity index (χ4n) is 6.87. The summed E-state index contributed by atoms with van der Waals surface area (Å²) in [5.41, 5.74) is 3.03. The van der Waals surface area contributed by atoms with Crippen LogP contribution < -0.4 is 0 Å². The highest BCUT2D eigenvalue weighted by atomic mass is 16.5. The smallest absolute Gasteiger partial charge is 0.336 e. The van der Waals surface area contributed by atoms with E-state index in [0.29, 0.717) is 17.9 Å². The van der Waals surface area contributed by atoms with Gasteiger partial charge in [0.15, 0.2) is 0 Å². The molecular formula is C37H56O5. The molecule has 2 aliphatic carbocycles. The van der Waals surface area contributed by atoms with Crippen LogP contribution in [0.1, 0.15) is 121 Å². The third-order valence-electron chi connectivity index (χ3n) is 9.85. The van der Waals surface area contributed by atoms with Crippen LogP contribution in [0.3, 0.4) is 0 Å². The first-order chi connectivity index (χ1) is 20.2. The molecule has 0 spiro atoms. The maximum absolute atomic E-state index is 12.2. The van der Waals surface area contributed by atoms with Crippen molar-refractivity contribution in [2.24, 2.45) is 23.7 Å². The van der Waals surface area contributed by atoms with Gasteiger partial charge in [0.25, 0.3) is 0 Å². The zero-order valence-electron chi connectivity index (χ0n) is 26.6. The first kappa shape index (κ1) is 34.1. The lowest BCUT2D eigenvalue weighted by molar-refractivity contribution is -0.144. The highest BCUT2D eigenvalue weighted by Crippen LogP contribution is 2.44. The number of hydrogen-bond donors (Lipinski definition) is 1. The monoisotopic (exact) mass is 580 g/mol. The minimum atomic E-state index is -0.967. The maximum Gasteiger partial charge on any atom is 0.336 e. The molecule has 0 saturated heterocycles. The van der Waals surface area contributed by atoms with E-state index in [2.05, 4.69) is 44.3 Å². The van der Waals surface area contributed by atoms with Crippen LogP contribution in [0, 0.1) is 23.7 Å². The highest BCUT2D eigenvalue weighted by Gasteiger charge is 2.31. The largest absolute Gasteiger partial charge is 0.462 e. The van der Waals surface area contributed by atoms with Crippen molar-refractivity contribution < 1.29 is 24.2 Å². The first-order valence-corrected chi connectivity index (χ1v) is 16.6. The first-order valence-electron chi connectivity index (χ1n) is 16.6. The molecule has 2 unspecified atom stereocenters. The summed E-state index contributed by atoms with van der Waals surface area (Å²) in [6, 6.07) is 9.04. The van der Waals surface area contributed by atoms with Gasteiger partial charge in [-0.25, -0.2) is 9.59 Å². The van der Waals surface area contributed by atoms with Crippen molar-refractivity contribution in [3.05, 3.63) is 59.7 Å². The molecule has 2 saturated carbocycles. The third-order valence-corrected chi connectivity index (χ3v) is 9.85. The molecule has 5 nitrogen and oxygen atoms in total. The number of carbonyl (C=O) groups is 2. The zero-order chi connectivity index (χ0) is 30.5. The fourth-order valence-corrected chi connectivity index (χ4v) is 6.87. The molecule has 0 aromatic heterocycles. The topological polar surface area (TPSA) is 72.8 Å². The van der Waals surface area contributed by atoms with Crippen LogP contribution in [-0.4, -0.2) is 36.4 Å². The number of aliphatic hydroxyl groups excluding tert-OH is 1. The molecule has 2 aliphatic rings. The molecule has 0 amide bonds. The molecular weight excluding hydrogens is 524 g/mol. The number of aliphatic hydroxyl groups is 1. The lowest BCUT2D eigenvalue weighted by Gasteiger charge is -2.38. The Morgan fingerprint density at radius 1 is 0.881 bits per heavy atom. The summed E-state index contributed by atoms with van der Waals surface area (Å²) in [6.07, 6.45) is 17.4. The van der Waals surface area contributed by atoms with Crippen molar-refractivity contribution in [3.8, 4) is 0 Å². The lowest BCUT2D eigenvalue weighted by atomic mass is 9.68. The molecule has 2 fully saturated rings. The van der Waals surface area contributed by atoms with Crippen molar-refractivity contribution >= 4 is 11.9 Å². The van der Waals surface area contributed by atoms with Gasteiger partial charge >= 0.3 is 11.9 Å². The van der Waals surface area contributed by atoms with Crippen LogP contribution in [0.25, 0.3) is 0 Å². The van der Waals surface area contributed by atoms with Crippen LogP contribution in [0.15, 0.2) is 48.6 Å². The molecule has 0 aliphatic heterocycles. The Kier molecular flexibility index (Phi) is 14.3. The van der Waals surface area contributed by atoms with Gasteiger partial charge in [-0.3, -0.25) is 0 Å². The van der Waals surface area contributed by atoms with Crippen molar-refractivity contribution in [3.63, 3.8) is 0 Å². The van der Waals surface area contributed by atoms with Gasteiger partial charge in [-0.15, -0.1) is 0 Å². The molecule has 0 radical (unpaired) electrons. The van der Waals surface area contributed by atoms with Crippen molar-refractivity contribution in [1.29, 1.82) is 0 Å². The minimum absolute atomic E-state index is 0.0162. The summed E-state index contributed by atoms with van der Waals surface area (Å²) in [7, 11) is 0. The zero-order valence-corrected chi connectivity index (χ0v) is 26.6. The fraction of sp³-hybridized carbons (Fsp3) is 0.676. The van der Waals surface area contributed by atoms with Crippen molar-refractivity contribution in [2.75, 3.05) is 13.2 Å². The third kappa shape index (κ3) is 11.0. The lowest BCUT2D eigenvalue weighted by Crippen LogP contribution is -2.25. The highest BCUT2D eigenvalue weighted by molar-refractivity contribution is 5.88. The molecule has 0 heterocycles. The van der Waals surface area contributed by atoms with Gasteiger partial charge in [0.2, 0.25) is 0 Å². The Morgan fingerprint density at radius 2 is 1.45 bits per heavy atom. The quantitative estimate of drug-likeness (QED) is 0.121. The van der Waals surface area contributed by atoms with E-state index in [1.165, 1.54) is 95.1 Å². The molecule has 3 rings (SSSR count). The second-order valence-corrected chi connectivity index (χ2v) is 13.2. The van der Waals surface area contributed by atoms with E-state index in [0.717, 1.165) is 24.2 Å². The summed E-state index contributed by atoms with van der Waals surface area (Å²) in [5, 5.41) is 9.59. The summed E-state index contributed by atoms with van der Waals surface area (Å²) >= 11 is 0. The van der Waals surface area contributed by atoms with E-state index in [4.69, 9.17) is 9.47 Å². The molecule has 1 aromatic carbocycles. The maximum atomic E-state index is 12.2. The average molecular weight is 581 g/mol. The minimum Gasteiger partial charge on any atom is -0.462 e. The molecule has 1 aromatic rings. The number of unbranched alkanes of at least 4 members (excludes halogenated alkanes) is 2. The van der Waals surface area contributed by atoms with E-state index in [9.17, 15) is 14.7 Å². The van der Waals surface area contributed by atoms with E-state index in [1.54, 1.807) is 6.92 Å². The van der Waals surface area contributed by atoms with Gasteiger partial charge in [-0.1, -0.05) is 82.9 Å². The number of carbonyl (C=O) groups excluding carboxylic acids is 2. The van der Waals surface area contributed by atoms with Crippen LogP contribution in [0.4, 0.5) is 0 Å². The standard InChI is InChI=1S/C37H56O5/c1-6-7-8-9-29-12-16-32(17-13-29)34-20-22-35(23-21-34)33-18-14-30(15-19-33)10-11-31(24-41-36(39)26(2)3)25-42-37(40)27(4)28(5)38/h14-15,18-19,28-29,31-32,34-35,38H,2,4,6-13,16-17,20-25H2,1,3,5H3. The molecule has 234 valence electrons. The van der Waals surface area contributed by atoms with Crippen LogP contribution in [0.2, 0.25) is 0 Å². The second kappa shape index (κ2) is 17.7. The Balaban J connectivity index is 1.44. The Bertz CT molecular complexity index is 993. The van der Waals surface area contributed by atoms with Gasteiger partial charge in [0, 0.05) is 11.5 Å². The van der Waals surface area contributed by atoms with Gasteiger partial charge < -0.3 is 14.6 Å². The Morgan fingerprint density at radius 3 is 2.00 bits per heavy atom. The van der Waals surface area contributed by atoms with Crippen LogP contribution >= 0.6 is 0 Å². The van der Waals surface area contributed by atoms with Crippen LogP contribution in [0.5, 0.6) is 0 Å². The predicted molar refractivity (Wildman–Crippen MR) is 170 cm³/mol. The summed E-state index contributed by atoms with van der Waals surface area (Å²) in [5.74, 6) is 2.30. The molecule has 1 N–H and O–H groups in total. The summed E-state index contributed by atoms with van der Waals surface area (Å²) < 4.78 is 10.7. The SMILES string of the molecule is C=C(C)C(=O)OCC(CCc1ccc(C2CCC(C3CCC(CCCCC)CC3)CC2)cc1)COC(=O)C(=C)C(C)O. The Hall–Kier alpha value is -2.40. The molecule has 2 atom stereocenters. The number of esters is 2. The molecule has 5 heteroatoms. The number of benzene rings is 1. The number of rotatable bonds is 16. The second-order valence-electron chi connectivity index (χ2n) is 13.2. The van der Waals surface area contributed by atoms with Gasteiger partial charge in [-0.05, 0) is 100 Å². The van der Waals surface area contributed by atoms with Crippen LogP contribution in [-0.2, 0) is 25.5 Å². The van der Waals surface area contributed by atoms with E-state index in [1.807, 2.05) is 0 Å². The van der Waals surface area contributed by atoms with E-state index >= 15 is 0 Å². The summed E-state index contributed by atoms with van der Waals surface area (Å²) in [6.45, 7) is 12.8. The number of hydrogen-bond acceptors (Lipinski definition) is 5. The van der Waals surface area contributed by atoms with Gasteiger partial charge in [-0.2, -0.15) is 0 Å². The normalized spacial score (nSPS) is 23.9. The van der Waals surface area contributed by atoms with Crippen molar-refractivity contribution in [1.82, 2.24) is 0 Å². The number of ether oxygens (including phenoxy) is 2. The van der Waals surface area contributed by atoms with Gasteiger partial charge in [0.1, 0.15) is 0 Å². The molecule has 42 heavy (non-hydrogen) atoms. The molecule has 0 bridgehead atoms. The predicted octanol–water partition coefficient (Wildman–Crippen LogP) is 8.50. The number of aryl methyl sites for hydroxylation is 1. The van der Waals surface area contributed by atoms with Gasteiger partial charge in [0.05, 0.1) is 24.9 Å². The average Bonchev–Trinajstić information content (AvgIpc) is 3.00. The summed E-state index contributed by atoms with van der Waals surface area (Å²) in [4.78, 5) is 24.1. The van der Waals surface area contributed by atoms with Crippen molar-refractivity contribution in [2.45, 2.75) is 123 Å². The van der Waals surface area contributed by atoms with E-state index in [-0.39, 0.29) is 24.7 Å². The van der Waals surface area contributed by atoms with E-state index < -0.39 is 18.0 Å². The Labute approximate surface area is 255 Å².